The van der Waals surface area contributed by atoms with Gasteiger partial charge < -0.3 is 14.5 Å². The number of esters is 1. The van der Waals surface area contributed by atoms with Crippen LogP contribution in [0.1, 0.15) is 21.7 Å². The number of hydrogen-bond donors (Lipinski definition) is 2. The van der Waals surface area contributed by atoms with Crippen molar-refractivity contribution in [2.45, 2.75) is 6.42 Å². The lowest BCUT2D eigenvalue weighted by Crippen LogP contribution is -2.21. The third-order valence-corrected chi connectivity index (χ3v) is 5.10. The molecule has 0 aliphatic carbocycles. The molecule has 3 aromatic rings. The molecule has 2 N–H and O–H groups in total. The van der Waals surface area contributed by atoms with Crippen LogP contribution >= 0.6 is 23.8 Å². The van der Waals surface area contributed by atoms with Crippen molar-refractivity contribution in [1.29, 1.82) is 0 Å². The largest absolute Gasteiger partial charge is 0.462 e. The molecule has 4 rings (SSSR count). The topological polar surface area (TPSA) is 80.6 Å². The number of furan rings is 1. The van der Waals surface area contributed by atoms with E-state index < -0.39 is 5.97 Å². The van der Waals surface area contributed by atoms with Gasteiger partial charge in [-0.3, -0.25) is 10.1 Å². The molecule has 2 heterocycles. The molecular weight excluding hydrogens is 436 g/mol. The number of carbonyl (C=O) groups is 2. The van der Waals surface area contributed by atoms with Crippen molar-refractivity contribution in [3.63, 3.8) is 0 Å². The van der Waals surface area contributed by atoms with Crippen LogP contribution in [-0.4, -0.2) is 23.6 Å². The van der Waals surface area contributed by atoms with Crippen LogP contribution in [0.5, 0.6) is 0 Å². The zero-order chi connectivity index (χ0) is 21.8. The Kier molecular flexibility index (Phi) is 6.16. The van der Waals surface area contributed by atoms with Gasteiger partial charge in [0, 0.05) is 18.1 Å². The van der Waals surface area contributed by atoms with Crippen LogP contribution in [0.4, 0.5) is 0 Å². The predicted molar refractivity (Wildman–Crippen MR) is 121 cm³/mol. The van der Waals surface area contributed by atoms with Gasteiger partial charge in [0.25, 0.3) is 5.91 Å². The third-order valence-electron chi connectivity index (χ3n) is 4.57. The molecule has 0 unspecified atom stereocenters. The monoisotopic (exact) mass is 452 g/mol. The van der Waals surface area contributed by atoms with E-state index in [1.165, 1.54) is 0 Å². The Morgan fingerprint density at radius 2 is 1.90 bits per heavy atom. The van der Waals surface area contributed by atoms with Gasteiger partial charge in [0.2, 0.25) is 0 Å². The second-order valence-corrected chi connectivity index (χ2v) is 7.55. The fraction of sp³-hybridized carbons (Fsp3) is 0.0870. The van der Waals surface area contributed by atoms with Gasteiger partial charge in [0.1, 0.15) is 17.2 Å². The maximum absolute atomic E-state index is 12.5. The predicted octanol–water partition coefficient (Wildman–Crippen LogP) is 4.34. The van der Waals surface area contributed by atoms with E-state index in [1.54, 1.807) is 36.4 Å². The van der Waals surface area contributed by atoms with Crippen molar-refractivity contribution >= 4 is 46.9 Å². The van der Waals surface area contributed by atoms with Crippen LogP contribution in [0.15, 0.2) is 70.8 Å². The zero-order valence-electron chi connectivity index (χ0n) is 16.2. The lowest BCUT2D eigenvalue weighted by molar-refractivity contribution is -0.115. The van der Waals surface area contributed by atoms with Crippen LogP contribution in [0.25, 0.3) is 17.4 Å². The van der Waals surface area contributed by atoms with Crippen molar-refractivity contribution in [3.05, 3.63) is 88.3 Å². The van der Waals surface area contributed by atoms with E-state index in [9.17, 15) is 9.59 Å². The summed E-state index contributed by atoms with van der Waals surface area (Å²) in [5, 5.41) is 5.78. The Bertz CT molecular complexity index is 1190. The first-order chi connectivity index (χ1) is 15.0. The van der Waals surface area contributed by atoms with Crippen LogP contribution in [0, 0.1) is 0 Å². The molecule has 0 radical (unpaired) electrons. The number of rotatable bonds is 6. The number of carbonyl (C=O) groups excluding carboxylic acids is 2. The molecule has 1 saturated heterocycles. The van der Waals surface area contributed by atoms with E-state index in [1.807, 2.05) is 30.3 Å². The average Bonchev–Trinajstić information content (AvgIpc) is 3.35. The summed E-state index contributed by atoms with van der Waals surface area (Å²) in [5.74, 6) is 0.147. The first-order valence-electron chi connectivity index (χ1n) is 9.44. The molecule has 0 spiro atoms. The standard InChI is InChI=1S/C23H17ClN2O4S/c24-18-8-6-15(12-17(18)22(28)29-11-10-14-4-2-1-3-5-14)20-9-7-16(30-20)13-19-21(27)26-23(31)25-19/h1-9,12-13H,10-11H2,(H2,25,26,27,31). The van der Waals surface area contributed by atoms with Gasteiger partial charge in [-0.05, 0) is 48.1 Å². The van der Waals surface area contributed by atoms with E-state index in [0.29, 0.717) is 34.2 Å². The summed E-state index contributed by atoms with van der Waals surface area (Å²) in [6.45, 7) is 0.249. The Hall–Kier alpha value is -3.42. The molecule has 0 bridgehead atoms. The van der Waals surface area contributed by atoms with Gasteiger partial charge in [-0.1, -0.05) is 41.9 Å². The number of amides is 1. The molecule has 0 atom stereocenters. The van der Waals surface area contributed by atoms with Crippen molar-refractivity contribution in [2.75, 3.05) is 6.61 Å². The van der Waals surface area contributed by atoms with E-state index in [2.05, 4.69) is 10.6 Å². The van der Waals surface area contributed by atoms with Crippen molar-refractivity contribution in [2.24, 2.45) is 0 Å². The number of nitrogens with one attached hydrogen (secondary N) is 2. The molecule has 1 amide bonds. The van der Waals surface area contributed by atoms with Gasteiger partial charge in [-0.15, -0.1) is 0 Å². The molecular formula is C23H17ClN2O4S. The van der Waals surface area contributed by atoms with E-state index in [-0.39, 0.29) is 23.2 Å². The summed E-state index contributed by atoms with van der Waals surface area (Å²) in [4.78, 5) is 24.3. The minimum atomic E-state index is -0.503. The normalized spacial score (nSPS) is 14.4. The second kappa shape index (κ2) is 9.16. The van der Waals surface area contributed by atoms with Crippen LogP contribution < -0.4 is 10.6 Å². The molecule has 31 heavy (non-hydrogen) atoms. The number of ether oxygens (including phenoxy) is 1. The number of benzene rings is 2. The molecule has 1 aromatic heterocycles. The first kappa shape index (κ1) is 20.8. The lowest BCUT2D eigenvalue weighted by atomic mass is 10.1. The zero-order valence-corrected chi connectivity index (χ0v) is 17.8. The third kappa shape index (κ3) is 5.02. The summed E-state index contributed by atoms with van der Waals surface area (Å²) in [6, 6.07) is 18.2. The highest BCUT2D eigenvalue weighted by Crippen LogP contribution is 2.28. The van der Waals surface area contributed by atoms with Crippen LogP contribution in [0.3, 0.4) is 0 Å². The highest BCUT2D eigenvalue weighted by Gasteiger charge is 2.21. The summed E-state index contributed by atoms with van der Waals surface area (Å²) < 4.78 is 11.2. The maximum Gasteiger partial charge on any atom is 0.339 e. The van der Waals surface area contributed by atoms with Gasteiger partial charge >= 0.3 is 5.97 Å². The van der Waals surface area contributed by atoms with Crippen LogP contribution in [0.2, 0.25) is 5.02 Å². The van der Waals surface area contributed by atoms with E-state index in [4.69, 9.17) is 33.0 Å². The number of thiocarbonyl (C=S) groups is 1. The molecule has 1 aliphatic heterocycles. The molecule has 1 fully saturated rings. The molecule has 156 valence electrons. The Morgan fingerprint density at radius 1 is 1.10 bits per heavy atom. The SMILES string of the molecule is O=C1NC(=S)NC1=Cc1ccc(-c2ccc(Cl)c(C(=O)OCCc3ccccc3)c2)o1. The number of hydrogen-bond acceptors (Lipinski definition) is 5. The minimum absolute atomic E-state index is 0.246. The Morgan fingerprint density at radius 3 is 2.65 bits per heavy atom. The fourth-order valence-corrected chi connectivity index (χ4v) is 3.43. The van der Waals surface area contributed by atoms with Crippen LogP contribution in [-0.2, 0) is 16.0 Å². The molecule has 8 heteroatoms. The average molecular weight is 453 g/mol. The molecule has 0 saturated carbocycles. The Balaban J connectivity index is 1.47. The van der Waals surface area contributed by atoms with E-state index in [0.717, 1.165) is 5.56 Å². The van der Waals surface area contributed by atoms with Crippen molar-refractivity contribution < 1.29 is 18.7 Å². The number of halogens is 1. The lowest BCUT2D eigenvalue weighted by Gasteiger charge is -2.08. The summed E-state index contributed by atoms with van der Waals surface area (Å²) in [5.41, 5.74) is 2.29. The van der Waals surface area contributed by atoms with Gasteiger partial charge in [-0.25, -0.2) is 4.79 Å². The van der Waals surface area contributed by atoms with Gasteiger partial charge in [0.15, 0.2) is 5.11 Å². The van der Waals surface area contributed by atoms with Crippen molar-refractivity contribution in [1.82, 2.24) is 10.6 Å². The van der Waals surface area contributed by atoms with Crippen molar-refractivity contribution in [3.8, 4) is 11.3 Å². The van der Waals surface area contributed by atoms with Gasteiger partial charge in [-0.2, -0.15) is 0 Å². The van der Waals surface area contributed by atoms with E-state index >= 15 is 0 Å². The summed E-state index contributed by atoms with van der Waals surface area (Å²) in [7, 11) is 0. The molecule has 6 nitrogen and oxygen atoms in total. The molecule has 2 aromatic carbocycles. The second-order valence-electron chi connectivity index (χ2n) is 6.73. The summed E-state index contributed by atoms with van der Waals surface area (Å²) >= 11 is 11.1. The summed E-state index contributed by atoms with van der Waals surface area (Å²) in [6.07, 6.45) is 2.16. The fourth-order valence-electron chi connectivity index (χ4n) is 3.03. The maximum atomic E-state index is 12.5. The highest BCUT2D eigenvalue weighted by atomic mass is 35.5. The quantitative estimate of drug-likeness (QED) is 0.329. The first-order valence-corrected chi connectivity index (χ1v) is 10.2. The molecule has 1 aliphatic rings. The minimum Gasteiger partial charge on any atom is -0.462 e. The highest BCUT2D eigenvalue weighted by molar-refractivity contribution is 7.80. The smallest absolute Gasteiger partial charge is 0.339 e. The Labute approximate surface area is 188 Å². The van der Waals surface area contributed by atoms with Gasteiger partial charge in [0.05, 0.1) is 17.2 Å².